The number of aliphatic carboxylic acids is 1. The van der Waals surface area contributed by atoms with E-state index in [-0.39, 0.29) is 36.7 Å². The third kappa shape index (κ3) is 7.07. The number of carbonyl (C=O) groups excluding carboxylic acids is 1. The zero-order chi connectivity index (χ0) is 26.5. The number of sulfonamides is 1. The van der Waals surface area contributed by atoms with E-state index in [0.717, 1.165) is 26.6 Å². The van der Waals surface area contributed by atoms with Crippen molar-refractivity contribution >= 4 is 22.1 Å². The molecule has 0 aromatic heterocycles. The van der Waals surface area contributed by atoms with Gasteiger partial charge in [-0.3, -0.25) is 4.79 Å². The molecule has 0 saturated carbocycles. The average molecular weight is 517 g/mol. The van der Waals surface area contributed by atoms with Crippen LogP contribution in [0.2, 0.25) is 0 Å². The van der Waals surface area contributed by atoms with Gasteiger partial charge in [-0.2, -0.15) is 4.31 Å². The highest BCUT2D eigenvalue weighted by Gasteiger charge is 2.31. The summed E-state index contributed by atoms with van der Waals surface area (Å²) in [5.41, 5.74) is 4.44. The second kappa shape index (κ2) is 11.9. The number of carboxylic acid groups (broad SMARTS) is 1. The van der Waals surface area contributed by atoms with Crippen LogP contribution in [-0.4, -0.2) is 61.4 Å². The number of carboxylic acids is 1. The molecule has 2 aromatic rings. The molecule has 0 saturated heterocycles. The van der Waals surface area contributed by atoms with Crippen LogP contribution >= 0.6 is 0 Å². The summed E-state index contributed by atoms with van der Waals surface area (Å²) in [5, 5.41) is 12.1. The first-order chi connectivity index (χ1) is 17.0. The van der Waals surface area contributed by atoms with Gasteiger partial charge in [-0.1, -0.05) is 76.2 Å². The highest BCUT2D eigenvalue weighted by molar-refractivity contribution is 7.89. The van der Waals surface area contributed by atoms with E-state index in [9.17, 15) is 23.1 Å². The molecule has 196 valence electrons. The predicted octanol–water partition coefficient (Wildman–Crippen LogP) is 4.31. The lowest BCUT2D eigenvalue weighted by molar-refractivity contribution is -0.137. The van der Waals surface area contributed by atoms with E-state index in [1.54, 1.807) is 13.8 Å². The molecular formula is C27H36N2O6S. The molecule has 0 fully saturated rings. The number of amides is 1. The molecule has 1 aliphatic rings. The summed E-state index contributed by atoms with van der Waals surface area (Å²) in [7, 11) is -3.82. The molecule has 1 amide bonds. The van der Waals surface area contributed by atoms with Gasteiger partial charge in [0.05, 0.1) is 5.75 Å². The van der Waals surface area contributed by atoms with Crippen molar-refractivity contribution in [2.45, 2.75) is 46.1 Å². The molecule has 0 radical (unpaired) electrons. The average Bonchev–Trinajstić information content (AvgIpc) is 3.09. The maximum atomic E-state index is 12.8. The Bertz CT molecular complexity index is 1130. The van der Waals surface area contributed by atoms with Crippen LogP contribution in [-0.2, 0) is 19.6 Å². The molecule has 1 aliphatic carbocycles. The number of alkyl carbamates (subject to hydrolysis) is 1. The van der Waals surface area contributed by atoms with E-state index < -0.39 is 34.7 Å². The van der Waals surface area contributed by atoms with Crippen LogP contribution in [0.3, 0.4) is 0 Å². The number of rotatable bonds is 12. The van der Waals surface area contributed by atoms with Crippen LogP contribution < -0.4 is 5.32 Å². The SMILES string of the molecule is CC(C)C[C@@H](CN(CC(=O)O)S(=O)(=O)CC(C)C)NC(=O)OCC1c2ccccc2-c2ccccc21. The first-order valence-electron chi connectivity index (χ1n) is 12.3. The second-order valence-corrected chi connectivity index (χ2v) is 12.2. The van der Waals surface area contributed by atoms with Crippen molar-refractivity contribution in [1.82, 2.24) is 9.62 Å². The zero-order valence-electron chi connectivity index (χ0n) is 21.3. The standard InChI is InChI=1S/C27H36N2O6S/c1-18(2)13-20(14-29(15-26(30)31)36(33,34)17-19(3)4)28-27(32)35-16-25-23-11-7-5-9-21(23)22-10-6-8-12-24(22)25/h5-12,18-20,25H,13-17H2,1-4H3,(H,28,32)(H,30,31)/t20-/m0/s1. The Labute approximate surface area is 213 Å². The van der Waals surface area contributed by atoms with E-state index in [1.165, 1.54) is 0 Å². The highest BCUT2D eigenvalue weighted by atomic mass is 32.2. The molecular weight excluding hydrogens is 480 g/mol. The molecule has 2 N–H and O–H groups in total. The summed E-state index contributed by atoms with van der Waals surface area (Å²) in [6, 6.07) is 15.5. The van der Waals surface area contributed by atoms with Gasteiger partial charge in [0.15, 0.2) is 0 Å². The van der Waals surface area contributed by atoms with Crippen molar-refractivity contribution in [3.05, 3.63) is 59.7 Å². The van der Waals surface area contributed by atoms with Crippen LogP contribution in [0.15, 0.2) is 48.5 Å². The van der Waals surface area contributed by atoms with Gasteiger partial charge < -0.3 is 15.2 Å². The number of nitrogens with one attached hydrogen (secondary N) is 1. The van der Waals surface area contributed by atoms with Gasteiger partial charge in [0.1, 0.15) is 13.2 Å². The number of nitrogens with zero attached hydrogens (tertiary/aromatic N) is 1. The van der Waals surface area contributed by atoms with Crippen LogP contribution in [0.5, 0.6) is 0 Å². The summed E-state index contributed by atoms with van der Waals surface area (Å²) in [5.74, 6) is -1.53. The molecule has 1 atom stereocenters. The lowest BCUT2D eigenvalue weighted by atomic mass is 9.98. The monoisotopic (exact) mass is 516 g/mol. The number of hydrogen-bond donors (Lipinski definition) is 2. The van der Waals surface area contributed by atoms with Gasteiger partial charge in [-0.25, -0.2) is 13.2 Å². The maximum absolute atomic E-state index is 12.8. The van der Waals surface area contributed by atoms with Crippen molar-refractivity contribution in [2.75, 3.05) is 25.4 Å². The quantitative estimate of drug-likeness (QED) is 0.435. The number of carbonyl (C=O) groups is 2. The van der Waals surface area contributed by atoms with Crippen molar-refractivity contribution in [3.8, 4) is 11.1 Å². The number of hydrogen-bond acceptors (Lipinski definition) is 5. The minimum Gasteiger partial charge on any atom is -0.480 e. The van der Waals surface area contributed by atoms with Crippen LogP contribution in [0, 0.1) is 11.8 Å². The summed E-state index contributed by atoms with van der Waals surface area (Å²) in [4.78, 5) is 24.2. The topological polar surface area (TPSA) is 113 Å². The van der Waals surface area contributed by atoms with Crippen LogP contribution in [0.25, 0.3) is 11.1 Å². The van der Waals surface area contributed by atoms with Crippen LogP contribution in [0.1, 0.15) is 51.2 Å². The predicted molar refractivity (Wildman–Crippen MR) is 139 cm³/mol. The molecule has 9 heteroatoms. The fraction of sp³-hybridized carbons (Fsp3) is 0.481. The molecule has 0 unspecified atom stereocenters. The number of benzene rings is 2. The summed E-state index contributed by atoms with van der Waals surface area (Å²) in [6.07, 6.45) is -0.184. The van der Waals surface area contributed by atoms with Gasteiger partial charge >= 0.3 is 12.1 Å². The molecule has 0 spiro atoms. The Morgan fingerprint density at radius 3 is 2.03 bits per heavy atom. The number of fused-ring (bicyclic) bond motifs is 3. The van der Waals surface area contributed by atoms with E-state index in [0.29, 0.717) is 6.42 Å². The van der Waals surface area contributed by atoms with Crippen molar-refractivity contribution in [3.63, 3.8) is 0 Å². The van der Waals surface area contributed by atoms with Crippen molar-refractivity contribution in [2.24, 2.45) is 11.8 Å². The van der Waals surface area contributed by atoms with E-state index in [2.05, 4.69) is 17.4 Å². The van der Waals surface area contributed by atoms with Crippen LogP contribution in [0.4, 0.5) is 4.79 Å². The Balaban J connectivity index is 1.71. The zero-order valence-corrected chi connectivity index (χ0v) is 22.1. The first-order valence-corrected chi connectivity index (χ1v) is 13.9. The molecule has 0 bridgehead atoms. The summed E-state index contributed by atoms with van der Waals surface area (Å²) < 4.78 is 32.3. The molecule has 36 heavy (non-hydrogen) atoms. The van der Waals surface area contributed by atoms with E-state index in [1.807, 2.05) is 50.2 Å². The third-order valence-corrected chi connectivity index (χ3v) is 8.25. The highest BCUT2D eigenvalue weighted by Crippen LogP contribution is 2.44. The minimum atomic E-state index is -3.82. The molecule has 2 aromatic carbocycles. The normalized spacial score (nSPS) is 14.1. The molecule has 0 heterocycles. The summed E-state index contributed by atoms with van der Waals surface area (Å²) in [6.45, 7) is 6.78. The fourth-order valence-corrected chi connectivity index (χ4v) is 6.52. The Morgan fingerprint density at radius 2 is 1.53 bits per heavy atom. The van der Waals surface area contributed by atoms with E-state index in [4.69, 9.17) is 4.74 Å². The number of ether oxygens (including phenoxy) is 1. The smallest absolute Gasteiger partial charge is 0.407 e. The lowest BCUT2D eigenvalue weighted by Crippen LogP contribution is -2.49. The third-order valence-electron chi connectivity index (χ3n) is 6.09. The van der Waals surface area contributed by atoms with Gasteiger partial charge in [-0.05, 0) is 40.5 Å². The van der Waals surface area contributed by atoms with Gasteiger partial charge in [0.2, 0.25) is 10.0 Å². The molecule has 8 nitrogen and oxygen atoms in total. The van der Waals surface area contributed by atoms with Crippen molar-refractivity contribution in [1.29, 1.82) is 0 Å². The van der Waals surface area contributed by atoms with Crippen molar-refractivity contribution < 1.29 is 27.9 Å². The molecule has 0 aliphatic heterocycles. The Morgan fingerprint density at radius 1 is 0.972 bits per heavy atom. The minimum absolute atomic E-state index is 0.0957. The molecule has 3 rings (SSSR count). The van der Waals surface area contributed by atoms with E-state index >= 15 is 0 Å². The Kier molecular flexibility index (Phi) is 9.13. The first kappa shape index (κ1) is 27.7. The maximum Gasteiger partial charge on any atom is 0.407 e. The fourth-order valence-electron chi connectivity index (χ4n) is 4.75. The van der Waals surface area contributed by atoms with Gasteiger partial charge in [0.25, 0.3) is 0 Å². The summed E-state index contributed by atoms with van der Waals surface area (Å²) >= 11 is 0. The Hall–Kier alpha value is -2.91. The largest absolute Gasteiger partial charge is 0.480 e. The lowest BCUT2D eigenvalue weighted by Gasteiger charge is -2.28. The van der Waals surface area contributed by atoms with Gasteiger partial charge in [0, 0.05) is 18.5 Å². The van der Waals surface area contributed by atoms with Gasteiger partial charge in [-0.15, -0.1) is 0 Å². The second-order valence-electron chi connectivity index (χ2n) is 10.2.